The number of rotatable bonds is 10. The number of carbonyl (C=O) groups excluding carboxylic acids is 1. The Labute approximate surface area is 106 Å². The highest BCUT2D eigenvalue weighted by Gasteiger charge is 1.91. The van der Waals surface area contributed by atoms with E-state index in [2.05, 4.69) is 13.2 Å². The van der Waals surface area contributed by atoms with E-state index in [1.54, 1.807) is 6.92 Å². The number of carbonyl (C=O) groups is 1. The van der Waals surface area contributed by atoms with Crippen molar-refractivity contribution in [3.63, 3.8) is 0 Å². The number of hydrogen-bond acceptors (Lipinski definition) is 2. The molecular formula is C15H28O2. The van der Waals surface area contributed by atoms with Gasteiger partial charge in [-0.25, -0.2) is 0 Å². The van der Waals surface area contributed by atoms with E-state index >= 15 is 0 Å². The largest absolute Gasteiger partial charge is 0.396 e. The van der Waals surface area contributed by atoms with E-state index in [1.165, 1.54) is 6.42 Å². The van der Waals surface area contributed by atoms with Crippen LogP contribution in [-0.2, 0) is 4.79 Å². The number of aliphatic hydroxyl groups is 1. The van der Waals surface area contributed by atoms with Gasteiger partial charge in [-0.1, -0.05) is 18.6 Å². The van der Waals surface area contributed by atoms with Crippen molar-refractivity contribution in [3.8, 4) is 0 Å². The Morgan fingerprint density at radius 2 is 1.53 bits per heavy atom. The number of unbranched alkanes of at least 4 members (excludes halogenated alkanes) is 5. The first-order valence-electron chi connectivity index (χ1n) is 6.51. The van der Waals surface area contributed by atoms with Crippen LogP contribution in [0.25, 0.3) is 0 Å². The highest BCUT2D eigenvalue weighted by atomic mass is 16.2. The van der Waals surface area contributed by atoms with E-state index in [0.717, 1.165) is 44.9 Å². The Morgan fingerprint density at radius 1 is 1.00 bits per heavy atom. The van der Waals surface area contributed by atoms with Crippen molar-refractivity contribution in [2.75, 3.05) is 6.61 Å². The molecule has 0 aliphatic heterocycles. The van der Waals surface area contributed by atoms with Crippen molar-refractivity contribution < 1.29 is 9.90 Å². The van der Waals surface area contributed by atoms with Gasteiger partial charge in [0.2, 0.25) is 0 Å². The molecule has 0 spiro atoms. The predicted octanol–water partition coefficient (Wildman–Crippen LogP) is 4.05. The van der Waals surface area contributed by atoms with Crippen LogP contribution >= 0.6 is 0 Å². The van der Waals surface area contributed by atoms with E-state index in [4.69, 9.17) is 5.11 Å². The van der Waals surface area contributed by atoms with Crippen molar-refractivity contribution in [1.29, 1.82) is 0 Å². The minimum atomic E-state index is 0.304. The zero-order valence-corrected chi connectivity index (χ0v) is 11.3. The van der Waals surface area contributed by atoms with Gasteiger partial charge in [-0.05, 0) is 45.4 Å². The van der Waals surface area contributed by atoms with Gasteiger partial charge in [0.05, 0.1) is 0 Å². The molecule has 0 atom stereocenters. The van der Waals surface area contributed by atoms with Crippen LogP contribution in [0.4, 0.5) is 0 Å². The van der Waals surface area contributed by atoms with Gasteiger partial charge in [0.15, 0.2) is 0 Å². The van der Waals surface area contributed by atoms with Crippen molar-refractivity contribution in [1.82, 2.24) is 0 Å². The average Bonchev–Trinajstić information content (AvgIpc) is 2.30. The topological polar surface area (TPSA) is 37.3 Å². The molecule has 0 fully saturated rings. The number of hydrogen-bond donors (Lipinski definition) is 1. The predicted molar refractivity (Wildman–Crippen MR) is 75.1 cm³/mol. The van der Waals surface area contributed by atoms with Gasteiger partial charge in [-0.15, -0.1) is 13.2 Å². The molecule has 0 aliphatic rings. The Bertz CT molecular complexity index is 185. The van der Waals surface area contributed by atoms with Crippen molar-refractivity contribution >= 4 is 5.78 Å². The van der Waals surface area contributed by atoms with E-state index in [1.807, 2.05) is 12.2 Å². The summed E-state index contributed by atoms with van der Waals surface area (Å²) in [6, 6.07) is 0. The third-order valence-electron chi connectivity index (χ3n) is 2.25. The summed E-state index contributed by atoms with van der Waals surface area (Å²) in [4.78, 5) is 10.5. The summed E-state index contributed by atoms with van der Waals surface area (Å²) in [5.74, 6) is 0.304. The van der Waals surface area contributed by atoms with Crippen LogP contribution in [-0.4, -0.2) is 17.5 Å². The lowest BCUT2D eigenvalue weighted by atomic mass is 10.1. The molecule has 0 rings (SSSR count). The van der Waals surface area contributed by atoms with Gasteiger partial charge in [-0.2, -0.15) is 0 Å². The van der Waals surface area contributed by atoms with Crippen molar-refractivity contribution in [2.45, 2.75) is 58.3 Å². The van der Waals surface area contributed by atoms with E-state index in [-0.39, 0.29) is 0 Å². The Hall–Kier alpha value is -0.890. The molecule has 0 saturated carbocycles. The third-order valence-corrected chi connectivity index (χ3v) is 2.25. The fourth-order valence-corrected chi connectivity index (χ4v) is 1.24. The maximum atomic E-state index is 10.5. The molecule has 17 heavy (non-hydrogen) atoms. The zero-order chi connectivity index (χ0) is 13.4. The quantitative estimate of drug-likeness (QED) is 0.462. The SMILES string of the molecule is C=CCCCCCC(C)=O.C=CCCCCO. The fraction of sp³-hybridized carbons (Fsp3) is 0.667. The molecule has 0 aromatic rings. The number of ketones is 1. The highest BCUT2D eigenvalue weighted by Crippen LogP contribution is 2.02. The van der Waals surface area contributed by atoms with Crippen LogP contribution in [0.5, 0.6) is 0 Å². The molecule has 0 aromatic heterocycles. The minimum absolute atomic E-state index is 0.304. The molecule has 0 radical (unpaired) electrons. The molecule has 1 N–H and O–H groups in total. The maximum absolute atomic E-state index is 10.5. The molecule has 0 heterocycles. The summed E-state index contributed by atoms with van der Waals surface area (Å²) in [6.45, 7) is 9.14. The zero-order valence-electron chi connectivity index (χ0n) is 11.3. The van der Waals surface area contributed by atoms with Crippen LogP contribution in [0.15, 0.2) is 25.3 Å². The monoisotopic (exact) mass is 240 g/mol. The second-order valence-electron chi connectivity index (χ2n) is 4.10. The molecule has 0 aliphatic carbocycles. The van der Waals surface area contributed by atoms with Crippen LogP contribution in [0.2, 0.25) is 0 Å². The number of Topliss-reactive ketones (excluding diaryl/α,β-unsaturated/α-hetero) is 1. The van der Waals surface area contributed by atoms with Gasteiger partial charge in [0, 0.05) is 13.0 Å². The van der Waals surface area contributed by atoms with Crippen LogP contribution in [0.3, 0.4) is 0 Å². The molecular weight excluding hydrogens is 212 g/mol. The second kappa shape index (κ2) is 17.5. The smallest absolute Gasteiger partial charge is 0.129 e. The Morgan fingerprint density at radius 3 is 1.94 bits per heavy atom. The summed E-state index contributed by atoms with van der Waals surface area (Å²) >= 11 is 0. The summed E-state index contributed by atoms with van der Waals surface area (Å²) in [7, 11) is 0. The Balaban J connectivity index is 0. The normalized spacial score (nSPS) is 9.06. The number of aliphatic hydroxyl groups excluding tert-OH is 1. The van der Waals surface area contributed by atoms with E-state index < -0.39 is 0 Å². The standard InChI is InChI=1S/C9H16O.C6H12O/c1-3-4-5-6-7-8-9(2)10;1-2-3-4-5-6-7/h3H,1,4-8H2,2H3;2,7H,1,3-6H2. The van der Waals surface area contributed by atoms with Gasteiger partial charge in [-0.3, -0.25) is 0 Å². The first-order chi connectivity index (χ1) is 8.18. The molecule has 2 heteroatoms. The molecule has 0 bridgehead atoms. The lowest BCUT2D eigenvalue weighted by molar-refractivity contribution is -0.117. The fourth-order valence-electron chi connectivity index (χ4n) is 1.24. The first-order valence-corrected chi connectivity index (χ1v) is 6.51. The summed E-state index contributed by atoms with van der Waals surface area (Å²) in [6.07, 6.45) is 12.0. The minimum Gasteiger partial charge on any atom is -0.396 e. The van der Waals surface area contributed by atoms with E-state index in [0.29, 0.717) is 12.4 Å². The van der Waals surface area contributed by atoms with Crippen LogP contribution < -0.4 is 0 Å². The molecule has 0 aromatic carbocycles. The molecule has 0 amide bonds. The summed E-state index contributed by atoms with van der Waals surface area (Å²) in [5.41, 5.74) is 0. The first kappa shape index (κ1) is 18.5. The van der Waals surface area contributed by atoms with Crippen molar-refractivity contribution in [2.24, 2.45) is 0 Å². The lowest BCUT2D eigenvalue weighted by Gasteiger charge is -1.94. The maximum Gasteiger partial charge on any atom is 0.129 e. The van der Waals surface area contributed by atoms with Gasteiger partial charge < -0.3 is 9.90 Å². The Kier molecular flexibility index (Phi) is 19.0. The van der Waals surface area contributed by atoms with E-state index in [9.17, 15) is 4.79 Å². The van der Waals surface area contributed by atoms with Gasteiger partial charge >= 0.3 is 0 Å². The molecule has 0 saturated heterocycles. The van der Waals surface area contributed by atoms with Crippen LogP contribution in [0.1, 0.15) is 58.3 Å². The lowest BCUT2D eigenvalue weighted by Crippen LogP contribution is -1.88. The molecule has 0 unspecified atom stereocenters. The second-order valence-corrected chi connectivity index (χ2v) is 4.10. The third kappa shape index (κ3) is 25.4. The van der Waals surface area contributed by atoms with Gasteiger partial charge in [0.1, 0.15) is 5.78 Å². The van der Waals surface area contributed by atoms with Crippen molar-refractivity contribution in [3.05, 3.63) is 25.3 Å². The summed E-state index contributed by atoms with van der Waals surface area (Å²) in [5, 5.41) is 8.26. The average molecular weight is 240 g/mol. The highest BCUT2D eigenvalue weighted by molar-refractivity contribution is 5.75. The van der Waals surface area contributed by atoms with Crippen LogP contribution in [0, 0.1) is 0 Å². The van der Waals surface area contributed by atoms with Gasteiger partial charge in [0.25, 0.3) is 0 Å². The summed E-state index contributed by atoms with van der Waals surface area (Å²) < 4.78 is 0. The number of allylic oxidation sites excluding steroid dienone is 2. The molecule has 100 valence electrons. The molecule has 2 nitrogen and oxygen atoms in total.